The molecule has 0 radical (unpaired) electrons. The predicted octanol–water partition coefficient (Wildman–Crippen LogP) is 3.89. The Hall–Kier alpha value is 0.160. The molecule has 0 aromatic carbocycles. The van der Waals surface area contributed by atoms with Crippen LogP contribution in [0.3, 0.4) is 0 Å². The normalized spacial score (nSPS) is 30.8. The molecule has 2 saturated heterocycles. The van der Waals surface area contributed by atoms with Gasteiger partial charge in [-0.15, -0.1) is 0 Å². The van der Waals surface area contributed by atoms with E-state index in [1.54, 1.807) is 0 Å². The molecule has 0 bridgehead atoms. The molecule has 2 heterocycles. The van der Waals surface area contributed by atoms with E-state index in [-0.39, 0.29) is 5.92 Å². The number of carbonyl (C=O) groups excluding carboxylic acids is 1. The van der Waals surface area contributed by atoms with Crippen LogP contribution in [0.5, 0.6) is 0 Å². The smallest absolute Gasteiger partial charge is 0.226 e. The van der Waals surface area contributed by atoms with Crippen LogP contribution >= 0.6 is 22.6 Å². The highest BCUT2D eigenvalue weighted by Crippen LogP contribution is 2.56. The molecule has 3 aliphatic rings. The van der Waals surface area contributed by atoms with Crippen molar-refractivity contribution < 1.29 is 9.53 Å². The third-order valence-electron chi connectivity index (χ3n) is 6.10. The molecule has 4 heteroatoms. The Morgan fingerprint density at radius 3 is 2.36 bits per heavy atom. The van der Waals surface area contributed by atoms with Crippen molar-refractivity contribution in [1.29, 1.82) is 0 Å². The molecule has 3 atom stereocenters. The summed E-state index contributed by atoms with van der Waals surface area (Å²) in [6.45, 7) is 9.41. The second kappa shape index (κ2) is 6.58. The van der Waals surface area contributed by atoms with E-state index in [0.717, 1.165) is 32.6 Å². The molecule has 0 N–H and O–H groups in total. The number of carbonyl (C=O) groups is 1. The Bertz CT molecular complexity index is 413. The van der Waals surface area contributed by atoms with Gasteiger partial charge in [0.15, 0.2) is 0 Å². The van der Waals surface area contributed by atoms with Gasteiger partial charge in [-0.2, -0.15) is 0 Å². The molecule has 1 aliphatic carbocycles. The fraction of sp³-hybridized carbons (Fsp3) is 0.944. The summed E-state index contributed by atoms with van der Waals surface area (Å²) in [6, 6.07) is 0.455. The van der Waals surface area contributed by atoms with Gasteiger partial charge >= 0.3 is 0 Å². The lowest BCUT2D eigenvalue weighted by molar-refractivity contribution is -0.141. The van der Waals surface area contributed by atoms with Gasteiger partial charge in [0.1, 0.15) is 0 Å². The van der Waals surface area contributed by atoms with Crippen molar-refractivity contribution in [3.8, 4) is 0 Å². The van der Waals surface area contributed by atoms with Crippen LogP contribution in [0, 0.1) is 23.2 Å². The largest absolute Gasteiger partial charge is 0.381 e. The van der Waals surface area contributed by atoms with Crippen LogP contribution in [-0.2, 0) is 9.53 Å². The van der Waals surface area contributed by atoms with E-state index in [0.29, 0.717) is 33.1 Å². The summed E-state index contributed by atoms with van der Waals surface area (Å²) < 4.78 is 6.06. The van der Waals surface area contributed by atoms with Crippen molar-refractivity contribution in [3.63, 3.8) is 0 Å². The standard InChI is InChI=1S/C18H30INO2/c1-12(2)16(14-4-8-22-9-5-14)17(21)20-11-18(6-7-18)10-15(20)13(3)19/h12-16H,4-11H2,1-3H3/t13?,15-,16?/m0/s1. The molecule has 1 saturated carbocycles. The molecule has 1 amide bonds. The Morgan fingerprint density at radius 1 is 1.23 bits per heavy atom. The lowest BCUT2D eigenvalue weighted by Crippen LogP contribution is -2.47. The maximum atomic E-state index is 13.4. The highest BCUT2D eigenvalue weighted by molar-refractivity contribution is 14.1. The first-order valence-corrected chi connectivity index (χ1v) is 10.2. The third kappa shape index (κ3) is 3.33. The summed E-state index contributed by atoms with van der Waals surface area (Å²) in [5.41, 5.74) is 0.497. The van der Waals surface area contributed by atoms with E-state index in [2.05, 4.69) is 48.3 Å². The van der Waals surface area contributed by atoms with Gasteiger partial charge in [-0.05, 0) is 49.4 Å². The van der Waals surface area contributed by atoms with Gasteiger partial charge in [0.05, 0.1) is 0 Å². The van der Waals surface area contributed by atoms with E-state index >= 15 is 0 Å². The molecule has 0 aromatic heterocycles. The molecular formula is C18H30INO2. The summed E-state index contributed by atoms with van der Waals surface area (Å²) in [4.78, 5) is 15.7. The summed E-state index contributed by atoms with van der Waals surface area (Å²) in [5.74, 6) is 1.58. The molecule has 3 nitrogen and oxygen atoms in total. The summed E-state index contributed by atoms with van der Waals surface area (Å²) in [5, 5.41) is 0. The quantitative estimate of drug-likeness (QED) is 0.511. The van der Waals surface area contributed by atoms with E-state index < -0.39 is 0 Å². The van der Waals surface area contributed by atoms with Crippen LogP contribution in [-0.4, -0.2) is 40.5 Å². The Kier molecular flexibility index (Phi) is 5.08. The second-order valence-corrected chi connectivity index (χ2v) is 10.1. The van der Waals surface area contributed by atoms with E-state index in [4.69, 9.17) is 4.74 Å². The lowest BCUT2D eigenvalue weighted by atomic mass is 9.78. The number of nitrogens with zero attached hydrogens (tertiary/aromatic N) is 1. The third-order valence-corrected chi connectivity index (χ3v) is 6.93. The zero-order valence-corrected chi connectivity index (χ0v) is 16.3. The van der Waals surface area contributed by atoms with E-state index in [9.17, 15) is 4.79 Å². The highest BCUT2D eigenvalue weighted by Gasteiger charge is 2.55. The van der Waals surface area contributed by atoms with E-state index in [1.165, 1.54) is 19.3 Å². The zero-order valence-electron chi connectivity index (χ0n) is 14.2. The number of rotatable bonds is 4. The number of likely N-dealkylation sites (tertiary alicyclic amines) is 1. The van der Waals surface area contributed by atoms with Gasteiger partial charge < -0.3 is 9.64 Å². The van der Waals surface area contributed by atoms with Crippen molar-refractivity contribution in [2.45, 2.75) is 62.8 Å². The minimum atomic E-state index is 0.190. The fourth-order valence-electron chi connectivity index (χ4n) is 4.59. The highest BCUT2D eigenvalue weighted by atomic mass is 127. The number of amides is 1. The fourth-order valence-corrected chi connectivity index (χ4v) is 5.23. The molecule has 1 spiro atoms. The average Bonchev–Trinajstić information content (AvgIpc) is 3.10. The minimum Gasteiger partial charge on any atom is -0.381 e. The molecule has 0 aromatic rings. The zero-order chi connectivity index (χ0) is 15.9. The Labute approximate surface area is 148 Å². The average molecular weight is 419 g/mol. The first-order valence-electron chi connectivity index (χ1n) is 8.96. The molecular weight excluding hydrogens is 389 g/mol. The van der Waals surface area contributed by atoms with Crippen LogP contribution in [0.1, 0.15) is 52.9 Å². The van der Waals surface area contributed by atoms with Crippen molar-refractivity contribution in [3.05, 3.63) is 0 Å². The summed E-state index contributed by atoms with van der Waals surface area (Å²) in [7, 11) is 0. The van der Waals surface area contributed by atoms with Crippen molar-refractivity contribution >= 4 is 28.5 Å². The van der Waals surface area contributed by atoms with E-state index in [1.807, 2.05) is 0 Å². The lowest BCUT2D eigenvalue weighted by Gasteiger charge is -2.37. The molecule has 3 fully saturated rings. The predicted molar refractivity (Wildman–Crippen MR) is 97.1 cm³/mol. The van der Waals surface area contributed by atoms with Gasteiger partial charge in [0.2, 0.25) is 5.91 Å². The van der Waals surface area contributed by atoms with Crippen LogP contribution in [0.15, 0.2) is 0 Å². The van der Waals surface area contributed by atoms with Gasteiger partial charge in [-0.25, -0.2) is 0 Å². The monoisotopic (exact) mass is 419 g/mol. The molecule has 3 rings (SSSR count). The molecule has 22 heavy (non-hydrogen) atoms. The van der Waals surface area contributed by atoms with Gasteiger partial charge in [0, 0.05) is 35.6 Å². The van der Waals surface area contributed by atoms with Crippen LogP contribution in [0.2, 0.25) is 0 Å². The molecule has 2 aliphatic heterocycles. The SMILES string of the molecule is CC(C)C(C(=O)N1CC2(CC2)C[C@H]1C(C)I)C1CCOCC1. The number of alkyl halides is 1. The van der Waals surface area contributed by atoms with Gasteiger partial charge in [-0.1, -0.05) is 43.4 Å². The first kappa shape index (κ1) is 17.0. The maximum Gasteiger partial charge on any atom is 0.226 e. The number of halogens is 1. The van der Waals surface area contributed by atoms with Crippen LogP contribution < -0.4 is 0 Å². The number of hydrogen-bond donors (Lipinski definition) is 0. The summed E-state index contributed by atoms with van der Waals surface area (Å²) >= 11 is 2.52. The van der Waals surface area contributed by atoms with Crippen molar-refractivity contribution in [1.82, 2.24) is 4.90 Å². The van der Waals surface area contributed by atoms with Crippen molar-refractivity contribution in [2.75, 3.05) is 19.8 Å². The Balaban J connectivity index is 1.76. The van der Waals surface area contributed by atoms with Crippen LogP contribution in [0.25, 0.3) is 0 Å². The topological polar surface area (TPSA) is 29.5 Å². The summed E-state index contributed by atoms with van der Waals surface area (Å²) in [6.07, 6.45) is 6.01. The number of ether oxygens (including phenoxy) is 1. The van der Waals surface area contributed by atoms with Gasteiger partial charge in [-0.3, -0.25) is 4.79 Å². The first-order chi connectivity index (χ1) is 10.4. The van der Waals surface area contributed by atoms with Crippen molar-refractivity contribution in [2.24, 2.45) is 23.2 Å². The molecule has 126 valence electrons. The second-order valence-electron chi connectivity index (χ2n) is 8.13. The molecule has 2 unspecified atom stereocenters. The van der Waals surface area contributed by atoms with Crippen LogP contribution in [0.4, 0.5) is 0 Å². The minimum absolute atomic E-state index is 0.190. The number of hydrogen-bond acceptors (Lipinski definition) is 2. The van der Waals surface area contributed by atoms with Gasteiger partial charge in [0.25, 0.3) is 0 Å². The Morgan fingerprint density at radius 2 is 1.86 bits per heavy atom. The maximum absolute atomic E-state index is 13.4.